The van der Waals surface area contributed by atoms with Crippen LogP contribution in [0.5, 0.6) is 0 Å². The number of unbranched alkanes of at least 4 members (excludes halogenated alkanes) is 1. The van der Waals surface area contributed by atoms with Gasteiger partial charge in [0.05, 0.1) is 11.6 Å². The molecule has 1 fully saturated rings. The van der Waals surface area contributed by atoms with E-state index in [0.29, 0.717) is 13.1 Å². The van der Waals surface area contributed by atoms with Crippen LogP contribution in [0.4, 0.5) is 14.5 Å². The van der Waals surface area contributed by atoms with Crippen LogP contribution in [0.25, 0.3) is 0 Å². The molecule has 120 valence electrons. The molecule has 22 heavy (non-hydrogen) atoms. The summed E-state index contributed by atoms with van der Waals surface area (Å²) in [6.45, 7) is 1.17. The van der Waals surface area contributed by atoms with E-state index >= 15 is 0 Å². The summed E-state index contributed by atoms with van der Waals surface area (Å²) in [5.74, 6) is -2.60. The van der Waals surface area contributed by atoms with E-state index in [1.165, 1.54) is 11.0 Å². The summed E-state index contributed by atoms with van der Waals surface area (Å²) in [6.07, 6.45) is 1.62. The van der Waals surface area contributed by atoms with Crippen molar-refractivity contribution in [2.75, 3.05) is 24.5 Å². The highest BCUT2D eigenvalue weighted by Gasteiger charge is 2.36. The van der Waals surface area contributed by atoms with E-state index in [2.05, 4.69) is 5.32 Å². The third-order valence-electron chi connectivity index (χ3n) is 3.63. The summed E-state index contributed by atoms with van der Waals surface area (Å²) in [5, 5.41) is 2.75. The maximum Gasteiger partial charge on any atom is 0.227 e. The number of amides is 2. The quantitative estimate of drug-likeness (QED) is 0.775. The zero-order valence-corrected chi connectivity index (χ0v) is 12.1. The molecule has 0 aromatic heterocycles. The lowest BCUT2D eigenvalue weighted by Crippen LogP contribution is -2.33. The smallest absolute Gasteiger partial charge is 0.227 e. The van der Waals surface area contributed by atoms with E-state index < -0.39 is 17.6 Å². The minimum atomic E-state index is -0.808. The van der Waals surface area contributed by atoms with E-state index in [-0.39, 0.29) is 30.5 Å². The molecule has 0 saturated carbocycles. The molecule has 1 unspecified atom stereocenters. The normalized spacial score (nSPS) is 17.9. The number of rotatable bonds is 6. The molecule has 2 rings (SSSR count). The molecule has 0 radical (unpaired) electrons. The van der Waals surface area contributed by atoms with Gasteiger partial charge in [0.2, 0.25) is 11.8 Å². The van der Waals surface area contributed by atoms with Crippen LogP contribution in [0.2, 0.25) is 0 Å². The Hall–Kier alpha value is -2.02. The predicted molar refractivity (Wildman–Crippen MR) is 78.1 cm³/mol. The molecule has 5 nitrogen and oxygen atoms in total. The lowest BCUT2D eigenvalue weighted by molar-refractivity contribution is -0.126. The van der Waals surface area contributed by atoms with Gasteiger partial charge in [0, 0.05) is 25.6 Å². The van der Waals surface area contributed by atoms with Gasteiger partial charge in [-0.15, -0.1) is 0 Å². The second kappa shape index (κ2) is 7.31. The minimum absolute atomic E-state index is 0.00447. The maximum absolute atomic E-state index is 13.7. The first kappa shape index (κ1) is 16.4. The fraction of sp³-hybridized carbons (Fsp3) is 0.467. The first-order chi connectivity index (χ1) is 10.5. The van der Waals surface area contributed by atoms with Crippen LogP contribution in [-0.4, -0.2) is 31.4 Å². The molecular weight excluding hydrogens is 292 g/mol. The summed E-state index contributed by atoms with van der Waals surface area (Å²) >= 11 is 0. The summed E-state index contributed by atoms with van der Waals surface area (Å²) in [4.78, 5) is 25.2. The summed E-state index contributed by atoms with van der Waals surface area (Å²) in [7, 11) is 0. The van der Waals surface area contributed by atoms with Crippen molar-refractivity contribution in [2.45, 2.75) is 19.3 Å². The zero-order valence-electron chi connectivity index (χ0n) is 12.1. The van der Waals surface area contributed by atoms with Crippen molar-refractivity contribution < 1.29 is 18.4 Å². The summed E-state index contributed by atoms with van der Waals surface area (Å²) < 4.78 is 26.7. The molecule has 7 heteroatoms. The highest BCUT2D eigenvalue weighted by atomic mass is 19.1. The monoisotopic (exact) mass is 311 g/mol. The van der Waals surface area contributed by atoms with Crippen molar-refractivity contribution in [1.82, 2.24) is 5.32 Å². The van der Waals surface area contributed by atoms with Crippen molar-refractivity contribution in [3.05, 3.63) is 29.8 Å². The molecule has 1 aliphatic rings. The van der Waals surface area contributed by atoms with Gasteiger partial charge in [-0.25, -0.2) is 8.78 Å². The fourth-order valence-electron chi connectivity index (χ4n) is 2.44. The number of carbonyl (C=O) groups excluding carboxylic acids is 2. The number of nitrogens with zero attached hydrogens (tertiary/aromatic N) is 1. The Morgan fingerprint density at radius 1 is 1.36 bits per heavy atom. The van der Waals surface area contributed by atoms with Gasteiger partial charge in [0.25, 0.3) is 0 Å². The fourth-order valence-corrected chi connectivity index (χ4v) is 2.44. The van der Waals surface area contributed by atoms with E-state index in [0.717, 1.165) is 25.0 Å². The van der Waals surface area contributed by atoms with Gasteiger partial charge in [-0.2, -0.15) is 0 Å². The van der Waals surface area contributed by atoms with Gasteiger partial charge in [0.15, 0.2) is 0 Å². The van der Waals surface area contributed by atoms with Gasteiger partial charge in [-0.3, -0.25) is 9.59 Å². The number of hydrogen-bond acceptors (Lipinski definition) is 3. The number of nitrogens with two attached hydrogens (primary N) is 1. The Morgan fingerprint density at radius 3 is 2.82 bits per heavy atom. The molecule has 2 amide bonds. The van der Waals surface area contributed by atoms with Gasteiger partial charge in [-0.1, -0.05) is 0 Å². The maximum atomic E-state index is 13.7. The van der Waals surface area contributed by atoms with Crippen molar-refractivity contribution in [2.24, 2.45) is 11.7 Å². The van der Waals surface area contributed by atoms with Gasteiger partial charge < -0.3 is 16.0 Å². The van der Waals surface area contributed by atoms with Gasteiger partial charge in [-0.05, 0) is 31.5 Å². The first-order valence-corrected chi connectivity index (χ1v) is 7.26. The number of carbonyl (C=O) groups is 2. The van der Waals surface area contributed by atoms with Crippen molar-refractivity contribution in [3.8, 4) is 0 Å². The minimum Gasteiger partial charge on any atom is -0.356 e. The molecule has 3 N–H and O–H groups in total. The topological polar surface area (TPSA) is 75.4 Å². The Morgan fingerprint density at radius 2 is 2.14 bits per heavy atom. The third kappa shape index (κ3) is 3.79. The Bertz CT molecular complexity index is 566. The first-order valence-electron chi connectivity index (χ1n) is 7.26. The molecule has 1 aliphatic heterocycles. The molecule has 0 bridgehead atoms. The predicted octanol–water partition coefficient (Wildman–Crippen LogP) is 1.17. The van der Waals surface area contributed by atoms with Crippen LogP contribution >= 0.6 is 0 Å². The SMILES string of the molecule is NCCCCNC(=O)C1CC(=O)N(c2ccc(F)cc2F)C1. The molecule has 1 aromatic carbocycles. The third-order valence-corrected chi connectivity index (χ3v) is 3.63. The van der Waals surface area contributed by atoms with Crippen LogP contribution in [0.1, 0.15) is 19.3 Å². The molecule has 1 saturated heterocycles. The number of hydrogen-bond donors (Lipinski definition) is 2. The molecule has 0 aliphatic carbocycles. The standard InChI is InChI=1S/C15H19F2N3O2/c16-11-3-4-13(12(17)8-11)20-9-10(7-14(20)21)15(22)19-6-2-1-5-18/h3-4,8,10H,1-2,5-7,9,18H2,(H,19,22). The van der Waals surface area contributed by atoms with Crippen molar-refractivity contribution >= 4 is 17.5 Å². The van der Waals surface area contributed by atoms with Crippen LogP contribution in [0.15, 0.2) is 18.2 Å². The Kier molecular flexibility index (Phi) is 5.43. The number of nitrogens with one attached hydrogen (secondary N) is 1. The molecule has 0 spiro atoms. The van der Waals surface area contributed by atoms with E-state index in [4.69, 9.17) is 5.73 Å². The van der Waals surface area contributed by atoms with Crippen LogP contribution in [-0.2, 0) is 9.59 Å². The van der Waals surface area contributed by atoms with Crippen LogP contribution < -0.4 is 16.0 Å². The second-order valence-electron chi connectivity index (χ2n) is 5.29. The van der Waals surface area contributed by atoms with Crippen molar-refractivity contribution in [1.29, 1.82) is 0 Å². The largest absolute Gasteiger partial charge is 0.356 e. The lowest BCUT2D eigenvalue weighted by atomic mass is 10.1. The van der Waals surface area contributed by atoms with Crippen molar-refractivity contribution in [3.63, 3.8) is 0 Å². The highest BCUT2D eigenvalue weighted by Crippen LogP contribution is 2.27. The second-order valence-corrected chi connectivity index (χ2v) is 5.29. The number of halogens is 2. The molecular formula is C15H19F2N3O2. The molecule has 1 heterocycles. The van der Waals surface area contributed by atoms with Crippen LogP contribution in [0.3, 0.4) is 0 Å². The van der Waals surface area contributed by atoms with E-state index in [1.807, 2.05) is 0 Å². The van der Waals surface area contributed by atoms with E-state index in [1.54, 1.807) is 0 Å². The number of benzene rings is 1. The highest BCUT2D eigenvalue weighted by molar-refractivity contribution is 6.00. The summed E-state index contributed by atoms with van der Waals surface area (Å²) in [5.41, 5.74) is 5.37. The van der Waals surface area contributed by atoms with Crippen LogP contribution in [0, 0.1) is 17.6 Å². The van der Waals surface area contributed by atoms with Gasteiger partial charge in [0.1, 0.15) is 11.6 Å². The lowest BCUT2D eigenvalue weighted by Gasteiger charge is -2.17. The molecule has 1 aromatic rings. The average molecular weight is 311 g/mol. The summed E-state index contributed by atoms with van der Waals surface area (Å²) in [6, 6.07) is 3.03. The van der Waals surface area contributed by atoms with Gasteiger partial charge >= 0.3 is 0 Å². The Balaban J connectivity index is 1.97. The van der Waals surface area contributed by atoms with E-state index in [9.17, 15) is 18.4 Å². The zero-order chi connectivity index (χ0) is 16.1. The molecule has 1 atom stereocenters. The Labute approximate surface area is 127 Å². The number of anilines is 1. The average Bonchev–Trinajstić information content (AvgIpc) is 2.85.